The average molecular weight is 347 g/mol. The smallest absolute Gasteiger partial charge is 0.256 e. The van der Waals surface area contributed by atoms with Gasteiger partial charge in [-0.1, -0.05) is 18.2 Å². The van der Waals surface area contributed by atoms with E-state index in [0.717, 1.165) is 42.9 Å². The zero-order valence-electron chi connectivity index (χ0n) is 14.7. The minimum Gasteiger partial charge on any atom is -0.354 e. The van der Waals surface area contributed by atoms with Gasteiger partial charge >= 0.3 is 0 Å². The van der Waals surface area contributed by atoms with Crippen LogP contribution in [0, 0.1) is 0 Å². The molecule has 0 radical (unpaired) electrons. The molecule has 26 heavy (non-hydrogen) atoms. The van der Waals surface area contributed by atoms with E-state index in [1.165, 1.54) is 0 Å². The summed E-state index contributed by atoms with van der Waals surface area (Å²) in [5.41, 5.74) is 2.11. The van der Waals surface area contributed by atoms with Crippen molar-refractivity contribution in [3.8, 4) is 0 Å². The van der Waals surface area contributed by atoms with Gasteiger partial charge < -0.3 is 15.1 Å². The number of carbonyl (C=O) groups is 1. The van der Waals surface area contributed by atoms with Crippen molar-refractivity contribution in [2.75, 3.05) is 43.4 Å². The Morgan fingerprint density at radius 1 is 1.00 bits per heavy atom. The molecule has 0 atom stereocenters. The number of pyridine rings is 2. The van der Waals surface area contributed by atoms with E-state index < -0.39 is 0 Å². The van der Waals surface area contributed by atoms with Crippen molar-refractivity contribution in [2.24, 2.45) is 0 Å². The molecule has 0 unspecified atom stereocenters. The number of nitrogens with zero attached hydrogens (tertiary/aromatic N) is 4. The van der Waals surface area contributed by atoms with Crippen LogP contribution in [0.15, 0.2) is 54.9 Å². The molecule has 0 spiro atoms. The number of para-hydroxylation sites is 1. The molecule has 3 heterocycles. The first-order valence-electron chi connectivity index (χ1n) is 8.75. The Hall–Kier alpha value is -2.99. The number of rotatable bonds is 3. The number of hydrogen-bond donors (Lipinski definition) is 1. The van der Waals surface area contributed by atoms with Crippen molar-refractivity contribution in [3.63, 3.8) is 0 Å². The minimum atomic E-state index is -0.155. The summed E-state index contributed by atoms with van der Waals surface area (Å²) in [5, 5.41) is 3.77. The van der Waals surface area contributed by atoms with Crippen molar-refractivity contribution in [1.29, 1.82) is 0 Å². The number of likely N-dealkylation sites (N-methyl/N-ethyl adjacent to an activating group) is 1. The lowest BCUT2D eigenvalue weighted by atomic mass is 10.1. The summed E-state index contributed by atoms with van der Waals surface area (Å²) < 4.78 is 0. The lowest BCUT2D eigenvalue weighted by Gasteiger charge is -2.33. The molecule has 1 aromatic carbocycles. The molecule has 3 aromatic rings. The van der Waals surface area contributed by atoms with Crippen LogP contribution in [0.25, 0.3) is 10.9 Å². The van der Waals surface area contributed by atoms with Gasteiger partial charge in [0.1, 0.15) is 5.82 Å². The monoisotopic (exact) mass is 347 g/mol. The quantitative estimate of drug-likeness (QED) is 0.789. The fraction of sp³-hybridized carbons (Fsp3) is 0.250. The molecule has 1 fully saturated rings. The second-order valence-electron chi connectivity index (χ2n) is 6.53. The first-order chi connectivity index (χ1) is 12.7. The van der Waals surface area contributed by atoms with Crippen LogP contribution >= 0.6 is 0 Å². The number of piperazine rings is 1. The van der Waals surface area contributed by atoms with Gasteiger partial charge in [-0.15, -0.1) is 0 Å². The molecule has 2 aromatic heterocycles. The molecule has 6 heteroatoms. The third-order valence-electron chi connectivity index (χ3n) is 4.73. The molecule has 6 nitrogen and oxygen atoms in total. The molecule has 0 saturated carbocycles. The number of anilines is 2. The Morgan fingerprint density at radius 3 is 2.58 bits per heavy atom. The van der Waals surface area contributed by atoms with Gasteiger partial charge in [0.2, 0.25) is 0 Å². The fourth-order valence-electron chi connectivity index (χ4n) is 3.17. The van der Waals surface area contributed by atoms with E-state index in [4.69, 9.17) is 0 Å². The van der Waals surface area contributed by atoms with Crippen molar-refractivity contribution >= 4 is 28.3 Å². The number of aromatic nitrogens is 2. The van der Waals surface area contributed by atoms with Gasteiger partial charge in [-0.05, 0) is 31.3 Å². The molecule has 1 aliphatic rings. The maximum atomic E-state index is 12.7. The molecule has 0 aliphatic carbocycles. The number of benzene rings is 1. The van der Waals surface area contributed by atoms with Crippen molar-refractivity contribution < 1.29 is 4.79 Å². The molecular formula is C20H21N5O. The number of amides is 1. The Bertz CT molecular complexity index is 912. The summed E-state index contributed by atoms with van der Waals surface area (Å²) in [7, 11) is 2.13. The first kappa shape index (κ1) is 16.5. The third kappa shape index (κ3) is 3.36. The summed E-state index contributed by atoms with van der Waals surface area (Å²) in [4.78, 5) is 26.1. The second-order valence-corrected chi connectivity index (χ2v) is 6.53. The number of fused-ring (bicyclic) bond motifs is 1. The lowest BCUT2D eigenvalue weighted by molar-refractivity contribution is 0.102. The Morgan fingerprint density at radius 2 is 1.81 bits per heavy atom. The van der Waals surface area contributed by atoms with Crippen LogP contribution in [0.3, 0.4) is 0 Å². The number of nitrogens with one attached hydrogen (secondary N) is 1. The molecule has 4 rings (SSSR count). The van der Waals surface area contributed by atoms with E-state index in [0.29, 0.717) is 11.3 Å². The Kier molecular flexibility index (Phi) is 4.50. The van der Waals surface area contributed by atoms with Gasteiger partial charge in [-0.25, -0.2) is 4.98 Å². The summed E-state index contributed by atoms with van der Waals surface area (Å²) in [6, 6.07) is 13.2. The summed E-state index contributed by atoms with van der Waals surface area (Å²) in [5.74, 6) is 0.795. The van der Waals surface area contributed by atoms with Crippen LogP contribution in [-0.4, -0.2) is 54.0 Å². The first-order valence-corrected chi connectivity index (χ1v) is 8.75. The molecule has 132 valence electrons. The highest BCUT2D eigenvalue weighted by Crippen LogP contribution is 2.19. The SMILES string of the molecule is CN1CCN(c2ccc(NC(=O)c3ccnc4ccccc34)cn2)CC1. The van der Waals surface area contributed by atoms with Crippen molar-refractivity contribution in [1.82, 2.24) is 14.9 Å². The van der Waals surface area contributed by atoms with Crippen molar-refractivity contribution in [3.05, 3.63) is 60.4 Å². The van der Waals surface area contributed by atoms with Gasteiger partial charge in [0, 0.05) is 37.8 Å². The standard InChI is InChI=1S/C20H21N5O/c1-24-10-12-25(13-11-24)19-7-6-15(14-22-19)23-20(26)17-8-9-21-18-5-3-2-4-16(17)18/h2-9,14H,10-13H2,1H3,(H,23,26). The highest BCUT2D eigenvalue weighted by Gasteiger charge is 2.15. The Balaban J connectivity index is 1.49. The maximum Gasteiger partial charge on any atom is 0.256 e. The molecule has 0 bridgehead atoms. The molecule has 1 aliphatic heterocycles. The van der Waals surface area contributed by atoms with Gasteiger partial charge in [0.25, 0.3) is 5.91 Å². The minimum absolute atomic E-state index is 0.155. The van der Waals surface area contributed by atoms with E-state index in [9.17, 15) is 4.79 Å². The number of carbonyl (C=O) groups excluding carboxylic acids is 1. The van der Waals surface area contributed by atoms with Crippen LogP contribution in [-0.2, 0) is 0 Å². The zero-order chi connectivity index (χ0) is 17.9. The number of hydrogen-bond acceptors (Lipinski definition) is 5. The van der Waals surface area contributed by atoms with E-state index in [2.05, 4.69) is 32.1 Å². The summed E-state index contributed by atoms with van der Waals surface area (Å²) >= 11 is 0. The Labute approximate surface area is 152 Å². The van der Waals surface area contributed by atoms with Gasteiger partial charge in [0.05, 0.1) is 23.0 Å². The molecule has 1 saturated heterocycles. The third-order valence-corrected chi connectivity index (χ3v) is 4.73. The largest absolute Gasteiger partial charge is 0.354 e. The zero-order valence-corrected chi connectivity index (χ0v) is 14.7. The van der Waals surface area contributed by atoms with E-state index in [-0.39, 0.29) is 5.91 Å². The predicted molar refractivity (Wildman–Crippen MR) is 104 cm³/mol. The normalized spacial score (nSPS) is 15.2. The van der Waals surface area contributed by atoms with E-state index in [1.54, 1.807) is 18.5 Å². The predicted octanol–water partition coefficient (Wildman–Crippen LogP) is 2.63. The highest BCUT2D eigenvalue weighted by atomic mass is 16.1. The molecule has 1 amide bonds. The van der Waals surface area contributed by atoms with Crippen LogP contribution in [0.2, 0.25) is 0 Å². The van der Waals surface area contributed by atoms with Crippen LogP contribution in [0.4, 0.5) is 11.5 Å². The molecule has 1 N–H and O–H groups in total. The van der Waals surface area contributed by atoms with Crippen LogP contribution in [0.1, 0.15) is 10.4 Å². The highest BCUT2D eigenvalue weighted by molar-refractivity contribution is 6.12. The van der Waals surface area contributed by atoms with E-state index >= 15 is 0 Å². The maximum absolute atomic E-state index is 12.7. The van der Waals surface area contributed by atoms with Crippen LogP contribution in [0.5, 0.6) is 0 Å². The second kappa shape index (κ2) is 7.09. The topological polar surface area (TPSA) is 61.4 Å². The van der Waals surface area contributed by atoms with E-state index in [1.807, 2.05) is 36.4 Å². The fourth-order valence-corrected chi connectivity index (χ4v) is 3.17. The van der Waals surface area contributed by atoms with Gasteiger partial charge in [-0.2, -0.15) is 0 Å². The van der Waals surface area contributed by atoms with Gasteiger partial charge in [0.15, 0.2) is 0 Å². The summed E-state index contributed by atoms with van der Waals surface area (Å²) in [6.07, 6.45) is 3.38. The lowest BCUT2D eigenvalue weighted by Crippen LogP contribution is -2.44. The summed E-state index contributed by atoms with van der Waals surface area (Å²) in [6.45, 7) is 4.01. The molecular weight excluding hydrogens is 326 g/mol. The van der Waals surface area contributed by atoms with Crippen LogP contribution < -0.4 is 10.2 Å². The van der Waals surface area contributed by atoms with Crippen molar-refractivity contribution in [2.45, 2.75) is 0 Å². The van der Waals surface area contributed by atoms with Gasteiger partial charge in [-0.3, -0.25) is 9.78 Å². The average Bonchev–Trinajstić information content (AvgIpc) is 2.69.